The van der Waals surface area contributed by atoms with E-state index in [0.29, 0.717) is 18.0 Å². The lowest BCUT2D eigenvalue weighted by Crippen LogP contribution is -2.35. The van der Waals surface area contributed by atoms with Crippen molar-refractivity contribution in [2.24, 2.45) is 15.5 Å². The summed E-state index contributed by atoms with van der Waals surface area (Å²) in [5, 5.41) is 7.00. The average molecular weight is 655 g/mol. The molecule has 3 aliphatic rings. The highest BCUT2D eigenvalue weighted by Crippen LogP contribution is 2.39. The van der Waals surface area contributed by atoms with E-state index < -0.39 is 27.9 Å². The smallest absolute Gasteiger partial charge is 0.330 e. The summed E-state index contributed by atoms with van der Waals surface area (Å²) >= 11 is 0. The number of pyridine rings is 1. The van der Waals surface area contributed by atoms with Gasteiger partial charge in [-0.2, -0.15) is 13.5 Å². The first kappa shape index (κ1) is 34.9. The molecule has 0 aromatic carbocycles. The zero-order chi connectivity index (χ0) is 33.7. The minimum Gasteiger partial charge on any atom is -0.330 e. The third kappa shape index (κ3) is 8.24. The van der Waals surface area contributed by atoms with Crippen LogP contribution >= 0.6 is 0 Å². The third-order valence-corrected chi connectivity index (χ3v) is 9.46. The first-order chi connectivity index (χ1) is 21.6. The number of carbonyl (C=O) groups excluding carboxylic acids is 3. The number of hydrazone groups is 1. The van der Waals surface area contributed by atoms with E-state index in [1.165, 1.54) is 0 Å². The van der Waals surface area contributed by atoms with Crippen molar-refractivity contribution in [3.05, 3.63) is 60.0 Å². The molecule has 0 atom stereocenters. The van der Waals surface area contributed by atoms with Gasteiger partial charge >= 0.3 is 11.8 Å². The van der Waals surface area contributed by atoms with Gasteiger partial charge in [0.25, 0.3) is 21.9 Å². The SMILES string of the molecule is CC1=NN(CCCS(=O)(=O)O)/C(=C/C=C/C=C/C2=Nc3c(ccc[n+]3CCCCCC(=O)ON3C(=O)CCC3=O)C2(C)C)C1(C)C. The Balaban J connectivity index is 1.33. The molecule has 4 heterocycles. The molecule has 0 unspecified atom stereocenters. The first-order valence-corrected chi connectivity index (χ1v) is 17.2. The maximum Gasteiger partial charge on any atom is 0.333 e. The number of carbonyl (C=O) groups is 3. The second-order valence-corrected chi connectivity index (χ2v) is 14.4. The van der Waals surface area contributed by atoms with Gasteiger partial charge in [0.2, 0.25) is 0 Å². The van der Waals surface area contributed by atoms with Gasteiger partial charge in [-0.05, 0) is 89.6 Å². The predicted octanol–water partition coefficient (Wildman–Crippen LogP) is 4.50. The highest BCUT2D eigenvalue weighted by Gasteiger charge is 2.42. The van der Waals surface area contributed by atoms with Crippen LogP contribution in [0.5, 0.6) is 0 Å². The van der Waals surface area contributed by atoms with Crippen molar-refractivity contribution in [2.45, 2.75) is 91.5 Å². The van der Waals surface area contributed by atoms with Crippen LogP contribution in [0, 0.1) is 5.41 Å². The van der Waals surface area contributed by atoms with Gasteiger partial charge in [0, 0.05) is 42.6 Å². The van der Waals surface area contributed by atoms with E-state index in [-0.39, 0.29) is 42.3 Å². The molecule has 1 aromatic heterocycles. The summed E-state index contributed by atoms with van der Waals surface area (Å²) < 4.78 is 33.5. The zero-order valence-electron chi connectivity index (χ0n) is 27.2. The van der Waals surface area contributed by atoms with Crippen molar-refractivity contribution >= 4 is 45.1 Å². The molecular formula is C33H44N5O7S+. The normalized spacial score (nSPS) is 19.9. The Labute approximate surface area is 270 Å². The van der Waals surface area contributed by atoms with Crippen LogP contribution in [-0.2, 0) is 41.3 Å². The van der Waals surface area contributed by atoms with Gasteiger partial charge in [-0.1, -0.05) is 18.2 Å². The Kier molecular flexibility index (Phi) is 10.8. The van der Waals surface area contributed by atoms with Gasteiger partial charge in [0.05, 0.1) is 29.5 Å². The number of allylic oxidation sites excluding steroid dienone is 6. The number of aryl methyl sites for hydroxylation is 1. The van der Waals surface area contributed by atoms with Crippen LogP contribution in [0.15, 0.2) is 64.5 Å². The van der Waals surface area contributed by atoms with E-state index in [9.17, 15) is 22.8 Å². The summed E-state index contributed by atoms with van der Waals surface area (Å²) in [5.41, 5.74) is 3.34. The molecule has 0 saturated carbocycles. The van der Waals surface area contributed by atoms with Crippen LogP contribution in [0.4, 0.5) is 5.82 Å². The number of amides is 2. The summed E-state index contributed by atoms with van der Waals surface area (Å²) in [7, 11) is -4.02. The Morgan fingerprint density at radius 2 is 1.76 bits per heavy atom. The van der Waals surface area contributed by atoms with Crippen LogP contribution < -0.4 is 4.57 Å². The molecule has 0 aliphatic carbocycles. The molecule has 0 bridgehead atoms. The van der Waals surface area contributed by atoms with E-state index in [2.05, 4.69) is 43.4 Å². The average Bonchev–Trinajstić information content (AvgIpc) is 3.51. The molecule has 4 rings (SSSR count). The van der Waals surface area contributed by atoms with Crippen molar-refractivity contribution in [2.75, 3.05) is 12.3 Å². The molecular weight excluding hydrogens is 610 g/mol. The van der Waals surface area contributed by atoms with E-state index >= 15 is 0 Å². The number of fused-ring (bicyclic) bond motifs is 1. The number of aliphatic imine (C=N–C) groups is 1. The first-order valence-electron chi connectivity index (χ1n) is 15.6. The summed E-state index contributed by atoms with van der Waals surface area (Å²) in [6, 6.07) is 4.11. The predicted molar refractivity (Wildman–Crippen MR) is 173 cm³/mol. The largest absolute Gasteiger partial charge is 0.333 e. The summed E-state index contributed by atoms with van der Waals surface area (Å²) in [5.74, 6) is -0.929. The number of hydrogen-bond acceptors (Lipinski definition) is 9. The highest BCUT2D eigenvalue weighted by molar-refractivity contribution is 7.85. The van der Waals surface area contributed by atoms with Gasteiger partial charge in [-0.25, -0.2) is 9.36 Å². The van der Waals surface area contributed by atoms with Crippen LogP contribution in [0.25, 0.3) is 0 Å². The van der Waals surface area contributed by atoms with Gasteiger partial charge < -0.3 is 4.84 Å². The molecule has 0 radical (unpaired) electrons. The third-order valence-electron chi connectivity index (χ3n) is 8.66. The fraction of sp³-hybridized carbons (Fsp3) is 0.515. The summed E-state index contributed by atoms with van der Waals surface area (Å²) in [6.07, 6.45) is 14.5. The molecule has 1 saturated heterocycles. The van der Waals surface area contributed by atoms with Crippen molar-refractivity contribution in [1.29, 1.82) is 0 Å². The molecule has 248 valence electrons. The second-order valence-electron chi connectivity index (χ2n) is 12.8. The maximum absolute atomic E-state index is 12.1. The number of hydrogen-bond donors (Lipinski definition) is 1. The molecule has 2 amide bonds. The number of imide groups is 1. The minimum absolute atomic E-state index is 0.0785. The number of rotatable bonds is 14. The number of nitrogens with zero attached hydrogens (tertiary/aromatic N) is 5. The van der Waals surface area contributed by atoms with E-state index in [1.54, 1.807) is 5.01 Å². The molecule has 1 fully saturated rings. The quantitative estimate of drug-likeness (QED) is 0.101. The van der Waals surface area contributed by atoms with Crippen molar-refractivity contribution < 1.29 is 36.8 Å². The van der Waals surface area contributed by atoms with Crippen molar-refractivity contribution in [3.8, 4) is 0 Å². The lowest BCUT2D eigenvalue weighted by Gasteiger charge is -2.24. The molecule has 1 N–H and O–H groups in total. The lowest BCUT2D eigenvalue weighted by molar-refractivity contribution is -0.684. The van der Waals surface area contributed by atoms with E-state index in [0.717, 1.165) is 47.9 Å². The van der Waals surface area contributed by atoms with E-state index in [4.69, 9.17) is 14.4 Å². The van der Waals surface area contributed by atoms with Crippen LogP contribution in [0.1, 0.15) is 85.1 Å². The van der Waals surface area contributed by atoms with Crippen LogP contribution in [-0.4, -0.2) is 64.5 Å². The monoisotopic (exact) mass is 654 g/mol. The highest BCUT2D eigenvalue weighted by atomic mass is 32.2. The second kappa shape index (κ2) is 14.2. The fourth-order valence-corrected chi connectivity index (χ4v) is 6.09. The minimum atomic E-state index is -4.02. The lowest BCUT2D eigenvalue weighted by atomic mass is 9.82. The topological polar surface area (TPSA) is 150 Å². The van der Waals surface area contributed by atoms with Gasteiger partial charge in [-0.15, -0.1) is 5.06 Å². The van der Waals surface area contributed by atoms with Gasteiger partial charge in [-0.3, -0.25) is 19.2 Å². The van der Waals surface area contributed by atoms with Gasteiger partial charge in [0.1, 0.15) is 0 Å². The number of aromatic nitrogens is 1. The summed E-state index contributed by atoms with van der Waals surface area (Å²) in [6.45, 7) is 11.5. The number of hydroxylamine groups is 2. The fourth-order valence-electron chi connectivity index (χ4n) is 5.59. The Morgan fingerprint density at radius 3 is 2.46 bits per heavy atom. The zero-order valence-corrected chi connectivity index (χ0v) is 28.0. The number of unbranched alkanes of at least 4 members (excludes halogenated alkanes) is 2. The summed E-state index contributed by atoms with van der Waals surface area (Å²) in [4.78, 5) is 45.2. The Bertz CT molecular complexity index is 1620. The molecule has 46 heavy (non-hydrogen) atoms. The van der Waals surface area contributed by atoms with Crippen molar-refractivity contribution in [3.63, 3.8) is 0 Å². The van der Waals surface area contributed by atoms with Crippen LogP contribution in [0.2, 0.25) is 0 Å². The molecule has 13 heteroatoms. The Morgan fingerprint density at radius 1 is 1.04 bits per heavy atom. The van der Waals surface area contributed by atoms with E-state index in [1.807, 2.05) is 49.6 Å². The van der Waals surface area contributed by atoms with Crippen molar-refractivity contribution in [1.82, 2.24) is 10.1 Å². The Hall–Kier alpha value is -3.97. The van der Waals surface area contributed by atoms with Crippen LogP contribution in [0.3, 0.4) is 0 Å². The molecule has 3 aliphatic heterocycles. The molecule has 1 aromatic rings. The standard InChI is InChI=1S/C33H43N5O7S/c1-24-32(2,3)27(37(35-24)22-13-23-46(42,43)44)16-9-6-8-15-26-33(4,5)25-14-12-21-36(31(25)34-26)20-11-7-10-17-30(41)45-38-28(39)18-19-29(38)40/h6,8-9,12,14-16,21H,7,10-11,13,17-20,22-23H2,1-5H3/p+1. The molecule has 0 spiro atoms. The van der Waals surface area contributed by atoms with Gasteiger partial charge in [0.15, 0.2) is 5.71 Å². The maximum atomic E-state index is 12.1. The molecule has 12 nitrogen and oxygen atoms in total.